The van der Waals surface area contributed by atoms with E-state index in [4.69, 9.17) is 5.11 Å². The molecule has 0 aliphatic carbocycles. The van der Waals surface area contributed by atoms with Crippen LogP contribution < -0.4 is 5.32 Å². The summed E-state index contributed by atoms with van der Waals surface area (Å²) in [4.78, 5) is 20.4. The summed E-state index contributed by atoms with van der Waals surface area (Å²) < 4.78 is 0. The number of carbonyl (C=O) groups excluding carboxylic acids is 1. The monoisotopic (exact) mass is 249 g/mol. The number of rotatable bonds is 4. The van der Waals surface area contributed by atoms with Gasteiger partial charge in [0.1, 0.15) is 9.88 Å². The zero-order valence-corrected chi connectivity index (χ0v) is 9.78. The van der Waals surface area contributed by atoms with Gasteiger partial charge in [0.05, 0.1) is 18.5 Å². The zero-order chi connectivity index (χ0) is 12.1. The Morgan fingerprint density at radius 3 is 3.00 bits per heavy atom. The van der Waals surface area contributed by atoms with Crippen LogP contribution in [0, 0.1) is 0 Å². The van der Waals surface area contributed by atoms with Gasteiger partial charge in [0.25, 0.3) is 5.91 Å². The van der Waals surface area contributed by atoms with Crippen molar-refractivity contribution in [1.82, 2.24) is 15.3 Å². The number of carbonyl (C=O) groups is 1. The molecule has 0 saturated carbocycles. The van der Waals surface area contributed by atoms with Crippen LogP contribution in [0.4, 0.5) is 0 Å². The molecule has 6 heteroatoms. The van der Waals surface area contributed by atoms with Crippen LogP contribution in [-0.2, 0) is 0 Å². The van der Waals surface area contributed by atoms with Crippen molar-refractivity contribution in [2.24, 2.45) is 0 Å². The first kappa shape index (κ1) is 11.7. The number of aliphatic hydroxyl groups is 1. The number of hydrogen-bond donors (Lipinski definition) is 2. The predicted octanol–water partition coefficient (Wildman–Crippen LogP) is 0.927. The van der Waals surface area contributed by atoms with E-state index in [-0.39, 0.29) is 19.1 Å². The second-order valence-electron chi connectivity index (χ2n) is 3.22. The van der Waals surface area contributed by atoms with Crippen molar-refractivity contribution in [2.45, 2.75) is 0 Å². The Bertz CT molecular complexity index is 498. The SMILES string of the molecule is O=C(NCCO)c1cnc(-c2ccccn2)s1. The lowest BCUT2D eigenvalue weighted by Crippen LogP contribution is -2.25. The maximum absolute atomic E-state index is 11.6. The third-order valence-electron chi connectivity index (χ3n) is 2.01. The summed E-state index contributed by atoms with van der Waals surface area (Å²) in [6, 6.07) is 5.54. The number of thiazole rings is 1. The molecule has 1 amide bonds. The largest absolute Gasteiger partial charge is 0.395 e. The lowest BCUT2D eigenvalue weighted by molar-refractivity contribution is 0.0948. The molecule has 2 rings (SSSR count). The summed E-state index contributed by atoms with van der Waals surface area (Å²) in [6.45, 7) is 0.174. The molecule has 0 bridgehead atoms. The van der Waals surface area contributed by atoms with E-state index in [0.717, 1.165) is 5.69 Å². The topological polar surface area (TPSA) is 75.1 Å². The molecule has 0 unspecified atom stereocenters. The van der Waals surface area contributed by atoms with Gasteiger partial charge >= 0.3 is 0 Å². The summed E-state index contributed by atoms with van der Waals surface area (Å²) in [5, 5.41) is 11.9. The Kier molecular flexibility index (Phi) is 3.79. The number of hydrogen-bond acceptors (Lipinski definition) is 5. The highest BCUT2D eigenvalue weighted by Crippen LogP contribution is 2.22. The molecule has 88 valence electrons. The minimum atomic E-state index is -0.223. The van der Waals surface area contributed by atoms with Gasteiger partial charge in [-0.1, -0.05) is 6.07 Å². The van der Waals surface area contributed by atoms with E-state index in [1.54, 1.807) is 6.20 Å². The van der Waals surface area contributed by atoms with Gasteiger partial charge in [-0.15, -0.1) is 11.3 Å². The number of aromatic nitrogens is 2. The van der Waals surface area contributed by atoms with Gasteiger partial charge in [-0.25, -0.2) is 4.98 Å². The highest BCUT2D eigenvalue weighted by Gasteiger charge is 2.11. The van der Waals surface area contributed by atoms with Gasteiger partial charge in [0, 0.05) is 12.7 Å². The van der Waals surface area contributed by atoms with E-state index in [2.05, 4.69) is 15.3 Å². The molecule has 0 aromatic carbocycles. The molecular weight excluding hydrogens is 238 g/mol. The molecule has 2 heterocycles. The van der Waals surface area contributed by atoms with Gasteiger partial charge in [-0.05, 0) is 12.1 Å². The number of pyridine rings is 1. The number of nitrogens with zero attached hydrogens (tertiary/aromatic N) is 2. The molecule has 2 aromatic rings. The predicted molar refractivity (Wildman–Crippen MR) is 64.8 cm³/mol. The van der Waals surface area contributed by atoms with Crippen LogP contribution in [0.25, 0.3) is 10.7 Å². The van der Waals surface area contributed by atoms with Crippen LogP contribution in [0.3, 0.4) is 0 Å². The lowest BCUT2D eigenvalue weighted by atomic mass is 10.4. The molecule has 0 spiro atoms. The smallest absolute Gasteiger partial charge is 0.263 e. The van der Waals surface area contributed by atoms with Crippen LogP contribution in [0.5, 0.6) is 0 Å². The fourth-order valence-electron chi connectivity index (χ4n) is 1.24. The van der Waals surface area contributed by atoms with Crippen LogP contribution in [0.15, 0.2) is 30.6 Å². The van der Waals surface area contributed by atoms with Crippen molar-refractivity contribution in [3.63, 3.8) is 0 Å². The average Bonchev–Trinajstić information content (AvgIpc) is 2.86. The number of nitrogens with one attached hydrogen (secondary N) is 1. The summed E-state index contributed by atoms with van der Waals surface area (Å²) in [6.07, 6.45) is 3.20. The Morgan fingerprint density at radius 2 is 2.29 bits per heavy atom. The fraction of sp³-hybridized carbons (Fsp3) is 0.182. The van der Waals surface area contributed by atoms with E-state index >= 15 is 0 Å². The molecule has 2 aromatic heterocycles. The van der Waals surface area contributed by atoms with E-state index in [0.29, 0.717) is 9.88 Å². The zero-order valence-electron chi connectivity index (χ0n) is 8.96. The summed E-state index contributed by atoms with van der Waals surface area (Å²) >= 11 is 1.28. The van der Waals surface area contributed by atoms with Gasteiger partial charge in [0.2, 0.25) is 0 Å². The maximum Gasteiger partial charge on any atom is 0.263 e. The number of aliphatic hydroxyl groups excluding tert-OH is 1. The van der Waals surface area contributed by atoms with Crippen LogP contribution in [0.2, 0.25) is 0 Å². The minimum absolute atomic E-state index is 0.0718. The maximum atomic E-state index is 11.6. The van der Waals surface area contributed by atoms with E-state index in [9.17, 15) is 4.79 Å². The summed E-state index contributed by atoms with van der Waals surface area (Å²) in [5.41, 5.74) is 0.749. The van der Waals surface area contributed by atoms with E-state index in [1.807, 2.05) is 18.2 Å². The molecule has 2 N–H and O–H groups in total. The Labute approximate surface area is 102 Å². The number of amides is 1. The Balaban J connectivity index is 2.14. The van der Waals surface area contributed by atoms with Crippen molar-refractivity contribution < 1.29 is 9.90 Å². The second kappa shape index (κ2) is 5.51. The second-order valence-corrected chi connectivity index (χ2v) is 4.25. The van der Waals surface area contributed by atoms with Crippen molar-refractivity contribution >= 4 is 17.2 Å². The van der Waals surface area contributed by atoms with Gasteiger partial charge in [0.15, 0.2) is 0 Å². The normalized spacial score (nSPS) is 10.2. The molecule has 5 nitrogen and oxygen atoms in total. The highest BCUT2D eigenvalue weighted by molar-refractivity contribution is 7.16. The first-order chi connectivity index (χ1) is 8.31. The molecule has 0 radical (unpaired) electrons. The quantitative estimate of drug-likeness (QED) is 0.845. The molecule has 0 saturated heterocycles. The first-order valence-electron chi connectivity index (χ1n) is 5.07. The lowest BCUT2D eigenvalue weighted by Gasteiger charge is -1.98. The molecule has 0 aliphatic rings. The molecule has 0 atom stereocenters. The van der Waals surface area contributed by atoms with Gasteiger partial charge < -0.3 is 10.4 Å². The summed E-state index contributed by atoms with van der Waals surface area (Å²) in [7, 11) is 0. The van der Waals surface area contributed by atoms with Crippen molar-refractivity contribution in [1.29, 1.82) is 0 Å². The average molecular weight is 249 g/mol. The first-order valence-corrected chi connectivity index (χ1v) is 5.89. The third-order valence-corrected chi connectivity index (χ3v) is 3.03. The fourth-order valence-corrected chi connectivity index (χ4v) is 2.05. The Hall–Kier alpha value is -1.79. The minimum Gasteiger partial charge on any atom is -0.395 e. The molecular formula is C11H11N3O2S. The van der Waals surface area contributed by atoms with Crippen LogP contribution >= 0.6 is 11.3 Å². The van der Waals surface area contributed by atoms with Crippen LogP contribution in [0.1, 0.15) is 9.67 Å². The summed E-state index contributed by atoms with van der Waals surface area (Å²) in [5.74, 6) is -0.223. The van der Waals surface area contributed by atoms with E-state index in [1.165, 1.54) is 17.5 Å². The van der Waals surface area contributed by atoms with Crippen molar-refractivity contribution in [3.8, 4) is 10.7 Å². The van der Waals surface area contributed by atoms with Crippen LogP contribution in [-0.4, -0.2) is 34.1 Å². The molecule has 0 aliphatic heterocycles. The third kappa shape index (κ3) is 2.86. The Morgan fingerprint density at radius 1 is 1.41 bits per heavy atom. The van der Waals surface area contributed by atoms with Crippen molar-refractivity contribution in [2.75, 3.05) is 13.2 Å². The van der Waals surface area contributed by atoms with E-state index < -0.39 is 0 Å². The van der Waals surface area contributed by atoms with Gasteiger partial charge in [-0.2, -0.15) is 0 Å². The highest BCUT2D eigenvalue weighted by atomic mass is 32.1. The standard InChI is InChI=1S/C11H11N3O2S/c15-6-5-13-10(16)9-7-14-11(17-9)8-3-1-2-4-12-8/h1-4,7,15H,5-6H2,(H,13,16). The van der Waals surface area contributed by atoms with Gasteiger partial charge in [-0.3, -0.25) is 9.78 Å². The molecule has 17 heavy (non-hydrogen) atoms. The van der Waals surface area contributed by atoms with Crippen molar-refractivity contribution in [3.05, 3.63) is 35.5 Å². The molecule has 0 fully saturated rings.